The maximum absolute atomic E-state index is 10.5. The monoisotopic (exact) mass is 196 g/mol. The fraction of sp³-hybridized carbons (Fsp3) is 0.300. The van der Waals surface area contributed by atoms with Crippen LogP contribution >= 0.6 is 12.6 Å². The van der Waals surface area contributed by atoms with Gasteiger partial charge in [0.2, 0.25) is 0 Å². The zero-order valence-electron chi connectivity index (χ0n) is 7.66. The highest BCUT2D eigenvalue weighted by Gasteiger charge is 2.04. The Morgan fingerprint density at radius 3 is 2.23 bits per heavy atom. The van der Waals surface area contributed by atoms with Gasteiger partial charge in [0.15, 0.2) is 0 Å². The lowest BCUT2D eigenvalue weighted by atomic mass is 10.1. The second-order valence-electron chi connectivity index (χ2n) is 3.15. The first-order valence-corrected chi connectivity index (χ1v) is 4.46. The Morgan fingerprint density at radius 2 is 1.85 bits per heavy atom. The second kappa shape index (κ2) is 3.83. The van der Waals surface area contributed by atoms with Crippen LogP contribution in [0.4, 0.5) is 0 Å². The predicted molar refractivity (Wildman–Crippen MR) is 54.5 cm³/mol. The Labute approximate surface area is 83.0 Å². The number of aliphatic carboxylic acids is 1. The Bertz CT molecular complexity index is 322. The summed E-state index contributed by atoms with van der Waals surface area (Å²) in [7, 11) is 0. The summed E-state index contributed by atoms with van der Waals surface area (Å²) in [5, 5.41) is 8.60. The Hall–Kier alpha value is -0.960. The van der Waals surface area contributed by atoms with Crippen LogP contribution < -0.4 is 0 Å². The van der Waals surface area contributed by atoms with Crippen molar-refractivity contribution in [1.29, 1.82) is 0 Å². The lowest BCUT2D eigenvalue weighted by molar-refractivity contribution is -0.136. The molecule has 0 spiro atoms. The van der Waals surface area contributed by atoms with Gasteiger partial charge >= 0.3 is 5.97 Å². The van der Waals surface area contributed by atoms with Crippen LogP contribution in [0.25, 0.3) is 0 Å². The minimum atomic E-state index is -0.800. The molecule has 0 aliphatic carbocycles. The maximum atomic E-state index is 10.5. The SMILES string of the molecule is Cc1cc(CC(=O)O)cc(C)c1S. The molecule has 0 heterocycles. The fourth-order valence-electron chi connectivity index (χ4n) is 1.32. The van der Waals surface area contributed by atoms with E-state index in [1.54, 1.807) is 0 Å². The molecule has 0 aromatic heterocycles. The molecule has 1 N–H and O–H groups in total. The zero-order chi connectivity index (χ0) is 10.0. The highest BCUT2D eigenvalue weighted by atomic mass is 32.1. The number of thiol groups is 1. The lowest BCUT2D eigenvalue weighted by Gasteiger charge is -2.06. The van der Waals surface area contributed by atoms with Gasteiger partial charge in [-0.1, -0.05) is 12.1 Å². The molecule has 1 aromatic rings. The van der Waals surface area contributed by atoms with Gasteiger partial charge in [-0.05, 0) is 30.5 Å². The van der Waals surface area contributed by atoms with Crippen molar-refractivity contribution in [2.75, 3.05) is 0 Å². The molecule has 2 nitrogen and oxygen atoms in total. The van der Waals surface area contributed by atoms with Crippen LogP contribution in [0, 0.1) is 13.8 Å². The molecule has 0 atom stereocenters. The van der Waals surface area contributed by atoms with Gasteiger partial charge in [-0.2, -0.15) is 0 Å². The number of aryl methyl sites for hydroxylation is 2. The van der Waals surface area contributed by atoms with Crippen LogP contribution in [0.5, 0.6) is 0 Å². The molecule has 0 aliphatic heterocycles. The number of carboxylic acids is 1. The van der Waals surface area contributed by atoms with Gasteiger partial charge in [0.1, 0.15) is 0 Å². The summed E-state index contributed by atoms with van der Waals surface area (Å²) in [6, 6.07) is 3.73. The third-order valence-corrected chi connectivity index (χ3v) is 2.61. The second-order valence-corrected chi connectivity index (χ2v) is 3.60. The van der Waals surface area contributed by atoms with E-state index in [1.165, 1.54) is 0 Å². The van der Waals surface area contributed by atoms with Crippen molar-refractivity contribution in [1.82, 2.24) is 0 Å². The third-order valence-electron chi connectivity index (χ3n) is 1.91. The molecule has 0 amide bonds. The van der Waals surface area contributed by atoms with Crippen LogP contribution in [0.15, 0.2) is 17.0 Å². The highest BCUT2D eigenvalue weighted by Crippen LogP contribution is 2.20. The van der Waals surface area contributed by atoms with E-state index >= 15 is 0 Å². The molecule has 0 saturated carbocycles. The van der Waals surface area contributed by atoms with Crippen molar-refractivity contribution in [3.8, 4) is 0 Å². The van der Waals surface area contributed by atoms with Crippen molar-refractivity contribution in [3.63, 3.8) is 0 Å². The van der Waals surface area contributed by atoms with Gasteiger partial charge in [0, 0.05) is 4.90 Å². The lowest BCUT2D eigenvalue weighted by Crippen LogP contribution is -2.01. The van der Waals surface area contributed by atoms with Crippen molar-refractivity contribution in [2.45, 2.75) is 25.2 Å². The Balaban J connectivity index is 3.06. The van der Waals surface area contributed by atoms with E-state index in [0.29, 0.717) is 0 Å². The van der Waals surface area contributed by atoms with E-state index in [0.717, 1.165) is 21.6 Å². The first kappa shape index (κ1) is 10.1. The van der Waals surface area contributed by atoms with E-state index < -0.39 is 5.97 Å². The summed E-state index contributed by atoms with van der Waals surface area (Å²) < 4.78 is 0. The Morgan fingerprint density at radius 1 is 1.38 bits per heavy atom. The number of hydrogen-bond acceptors (Lipinski definition) is 2. The summed E-state index contributed by atoms with van der Waals surface area (Å²) in [6.45, 7) is 3.86. The van der Waals surface area contributed by atoms with Crippen LogP contribution in [-0.4, -0.2) is 11.1 Å². The molecule has 3 heteroatoms. The van der Waals surface area contributed by atoms with Crippen molar-refractivity contribution < 1.29 is 9.90 Å². The van der Waals surface area contributed by atoms with E-state index in [9.17, 15) is 4.79 Å². The summed E-state index contributed by atoms with van der Waals surface area (Å²) in [4.78, 5) is 11.4. The average Bonchev–Trinajstić information content (AvgIpc) is 1.98. The minimum Gasteiger partial charge on any atom is -0.481 e. The van der Waals surface area contributed by atoms with Gasteiger partial charge in [-0.3, -0.25) is 4.79 Å². The first-order valence-electron chi connectivity index (χ1n) is 4.01. The van der Waals surface area contributed by atoms with Crippen molar-refractivity contribution in [3.05, 3.63) is 28.8 Å². The summed E-state index contributed by atoms with van der Waals surface area (Å²) in [5.41, 5.74) is 2.89. The molecule has 0 radical (unpaired) electrons. The van der Waals surface area contributed by atoms with Gasteiger partial charge in [0.25, 0.3) is 0 Å². The molecule has 0 saturated heterocycles. The summed E-state index contributed by atoms with van der Waals surface area (Å²) >= 11 is 4.30. The quantitative estimate of drug-likeness (QED) is 0.712. The van der Waals surface area contributed by atoms with Crippen LogP contribution in [-0.2, 0) is 11.2 Å². The van der Waals surface area contributed by atoms with Crippen molar-refractivity contribution >= 4 is 18.6 Å². The maximum Gasteiger partial charge on any atom is 0.307 e. The molecule has 0 fully saturated rings. The number of rotatable bonds is 2. The van der Waals surface area contributed by atoms with Gasteiger partial charge in [-0.15, -0.1) is 12.6 Å². The molecule has 13 heavy (non-hydrogen) atoms. The van der Waals surface area contributed by atoms with E-state index in [2.05, 4.69) is 12.6 Å². The van der Waals surface area contributed by atoms with Crippen LogP contribution in [0.3, 0.4) is 0 Å². The topological polar surface area (TPSA) is 37.3 Å². The average molecular weight is 196 g/mol. The van der Waals surface area contributed by atoms with E-state index in [-0.39, 0.29) is 6.42 Å². The number of benzene rings is 1. The molecule has 0 unspecified atom stereocenters. The normalized spacial score (nSPS) is 10.1. The summed E-state index contributed by atoms with van der Waals surface area (Å²) in [6.07, 6.45) is 0.0791. The first-order chi connectivity index (χ1) is 6.00. The number of carbonyl (C=O) groups is 1. The van der Waals surface area contributed by atoms with Gasteiger partial charge in [0.05, 0.1) is 6.42 Å². The van der Waals surface area contributed by atoms with Crippen LogP contribution in [0.2, 0.25) is 0 Å². The van der Waals surface area contributed by atoms with Gasteiger partial charge < -0.3 is 5.11 Å². The molecular formula is C10H12O2S. The van der Waals surface area contributed by atoms with Crippen molar-refractivity contribution in [2.24, 2.45) is 0 Å². The minimum absolute atomic E-state index is 0.0791. The molecule has 0 aliphatic rings. The zero-order valence-corrected chi connectivity index (χ0v) is 8.56. The van der Waals surface area contributed by atoms with E-state index in [4.69, 9.17) is 5.11 Å². The predicted octanol–water partition coefficient (Wildman–Crippen LogP) is 2.22. The number of hydrogen-bond donors (Lipinski definition) is 2. The largest absolute Gasteiger partial charge is 0.481 e. The molecule has 70 valence electrons. The molecule has 1 aromatic carbocycles. The smallest absolute Gasteiger partial charge is 0.307 e. The number of carboxylic acid groups (broad SMARTS) is 1. The standard InChI is InChI=1S/C10H12O2S/c1-6-3-8(5-9(11)12)4-7(2)10(6)13/h3-4,13H,5H2,1-2H3,(H,11,12). The summed E-state index contributed by atoms with van der Waals surface area (Å²) in [5.74, 6) is -0.800. The van der Waals surface area contributed by atoms with E-state index in [1.807, 2.05) is 26.0 Å². The van der Waals surface area contributed by atoms with Crippen LogP contribution in [0.1, 0.15) is 16.7 Å². The molecule has 0 bridgehead atoms. The highest BCUT2D eigenvalue weighted by molar-refractivity contribution is 7.80. The van der Waals surface area contributed by atoms with Gasteiger partial charge in [-0.25, -0.2) is 0 Å². The molecular weight excluding hydrogens is 184 g/mol. The molecule has 1 rings (SSSR count). The fourth-order valence-corrected chi connectivity index (χ4v) is 1.45. The third kappa shape index (κ3) is 2.49. The Kier molecular flexibility index (Phi) is 2.98.